The Balaban J connectivity index is 2.15. The highest BCUT2D eigenvalue weighted by molar-refractivity contribution is 5.90. The van der Waals surface area contributed by atoms with Gasteiger partial charge < -0.3 is 15.7 Å². The lowest BCUT2D eigenvalue weighted by Crippen LogP contribution is -2.58. The van der Waals surface area contributed by atoms with Crippen molar-refractivity contribution >= 4 is 11.9 Å². The van der Waals surface area contributed by atoms with Crippen molar-refractivity contribution in [2.45, 2.75) is 63.8 Å². The first-order chi connectivity index (χ1) is 9.55. The molecule has 1 amide bonds. The predicted octanol–water partition coefficient (Wildman–Crippen LogP) is 1.67. The van der Waals surface area contributed by atoms with Crippen LogP contribution in [0, 0.1) is 5.41 Å². The van der Waals surface area contributed by atoms with E-state index in [2.05, 4.69) is 10.6 Å². The number of hydrogen-bond donors (Lipinski definition) is 3. The lowest BCUT2D eigenvalue weighted by atomic mass is 9.81. The molecule has 0 aromatic heterocycles. The van der Waals surface area contributed by atoms with Crippen LogP contribution in [-0.4, -0.2) is 35.6 Å². The smallest absolute Gasteiger partial charge is 0.329 e. The van der Waals surface area contributed by atoms with Gasteiger partial charge in [0.25, 0.3) is 0 Å². The van der Waals surface area contributed by atoms with Gasteiger partial charge >= 0.3 is 5.97 Å². The molecule has 114 valence electrons. The van der Waals surface area contributed by atoms with Crippen LogP contribution >= 0.6 is 0 Å². The van der Waals surface area contributed by atoms with Gasteiger partial charge in [-0.15, -0.1) is 0 Å². The Hall–Kier alpha value is -1.10. The van der Waals surface area contributed by atoms with Crippen LogP contribution in [-0.2, 0) is 9.59 Å². The van der Waals surface area contributed by atoms with Crippen molar-refractivity contribution in [2.24, 2.45) is 5.41 Å². The highest BCUT2D eigenvalue weighted by atomic mass is 16.4. The maximum Gasteiger partial charge on any atom is 0.329 e. The summed E-state index contributed by atoms with van der Waals surface area (Å²) in [7, 11) is 0. The van der Waals surface area contributed by atoms with Crippen molar-refractivity contribution < 1.29 is 14.7 Å². The summed E-state index contributed by atoms with van der Waals surface area (Å²) < 4.78 is 0. The van der Waals surface area contributed by atoms with Crippen LogP contribution in [0.15, 0.2) is 0 Å². The molecule has 2 aliphatic rings. The van der Waals surface area contributed by atoms with Gasteiger partial charge in [0, 0.05) is 6.54 Å². The Morgan fingerprint density at radius 1 is 1.15 bits per heavy atom. The monoisotopic (exact) mass is 282 g/mol. The van der Waals surface area contributed by atoms with E-state index in [0.717, 1.165) is 45.1 Å². The van der Waals surface area contributed by atoms with E-state index in [1.807, 2.05) is 6.92 Å². The standard InChI is InChI=1S/C15H26N2O3/c1-2-14(9-10-16-11-14)12(18)17-15(13(19)20)7-5-3-4-6-8-15/h16H,2-11H2,1H3,(H,17,18)(H,19,20). The Morgan fingerprint density at radius 2 is 1.80 bits per heavy atom. The minimum absolute atomic E-state index is 0.0747. The first kappa shape index (κ1) is 15.3. The quantitative estimate of drug-likeness (QED) is 0.685. The molecule has 1 heterocycles. The molecule has 1 unspecified atom stereocenters. The molecule has 5 nitrogen and oxygen atoms in total. The summed E-state index contributed by atoms with van der Waals surface area (Å²) in [5, 5.41) is 15.8. The number of carbonyl (C=O) groups is 2. The molecule has 0 aromatic carbocycles. The average Bonchev–Trinajstić information content (AvgIpc) is 2.80. The third-order valence-electron chi connectivity index (χ3n) is 5.12. The van der Waals surface area contributed by atoms with Crippen LogP contribution in [0.3, 0.4) is 0 Å². The molecular weight excluding hydrogens is 256 g/mol. The molecule has 1 saturated carbocycles. The van der Waals surface area contributed by atoms with Gasteiger partial charge in [0.05, 0.1) is 5.41 Å². The maximum absolute atomic E-state index is 12.7. The van der Waals surface area contributed by atoms with Crippen LogP contribution in [0.2, 0.25) is 0 Å². The van der Waals surface area contributed by atoms with E-state index in [4.69, 9.17) is 0 Å². The van der Waals surface area contributed by atoms with Gasteiger partial charge in [0.2, 0.25) is 5.91 Å². The molecule has 2 fully saturated rings. The van der Waals surface area contributed by atoms with Crippen molar-refractivity contribution in [2.75, 3.05) is 13.1 Å². The van der Waals surface area contributed by atoms with Gasteiger partial charge in [0.15, 0.2) is 0 Å². The average molecular weight is 282 g/mol. The zero-order valence-electron chi connectivity index (χ0n) is 12.3. The molecule has 0 bridgehead atoms. The largest absolute Gasteiger partial charge is 0.480 e. The summed E-state index contributed by atoms with van der Waals surface area (Å²) >= 11 is 0. The fourth-order valence-corrected chi connectivity index (χ4v) is 3.47. The molecule has 3 N–H and O–H groups in total. The Labute approximate surface area is 120 Å². The molecule has 0 aromatic rings. The normalized spacial score (nSPS) is 29.6. The number of rotatable bonds is 4. The Bertz CT molecular complexity index is 367. The maximum atomic E-state index is 12.7. The molecule has 20 heavy (non-hydrogen) atoms. The highest BCUT2D eigenvalue weighted by Crippen LogP contribution is 2.33. The highest BCUT2D eigenvalue weighted by Gasteiger charge is 2.46. The lowest BCUT2D eigenvalue weighted by molar-refractivity contribution is -0.150. The predicted molar refractivity (Wildman–Crippen MR) is 76.4 cm³/mol. The molecule has 1 aliphatic carbocycles. The second kappa shape index (κ2) is 6.12. The van der Waals surface area contributed by atoms with E-state index >= 15 is 0 Å². The molecular formula is C15H26N2O3. The van der Waals surface area contributed by atoms with E-state index in [0.29, 0.717) is 19.4 Å². The summed E-state index contributed by atoms with van der Waals surface area (Å²) in [6, 6.07) is 0. The van der Waals surface area contributed by atoms with Crippen molar-refractivity contribution in [1.82, 2.24) is 10.6 Å². The summed E-state index contributed by atoms with van der Waals surface area (Å²) in [6.45, 7) is 3.50. The number of carboxylic acids is 1. The lowest BCUT2D eigenvalue weighted by Gasteiger charge is -2.34. The van der Waals surface area contributed by atoms with E-state index in [9.17, 15) is 14.7 Å². The van der Waals surface area contributed by atoms with Gasteiger partial charge in [-0.1, -0.05) is 32.6 Å². The topological polar surface area (TPSA) is 78.4 Å². The van der Waals surface area contributed by atoms with E-state index in [1.54, 1.807) is 0 Å². The molecule has 1 saturated heterocycles. The molecule has 0 radical (unpaired) electrons. The fraction of sp³-hybridized carbons (Fsp3) is 0.867. The van der Waals surface area contributed by atoms with E-state index < -0.39 is 16.9 Å². The summed E-state index contributed by atoms with van der Waals surface area (Å²) in [5.41, 5.74) is -1.47. The van der Waals surface area contributed by atoms with Crippen molar-refractivity contribution in [3.8, 4) is 0 Å². The van der Waals surface area contributed by atoms with Crippen LogP contribution < -0.4 is 10.6 Å². The molecule has 1 atom stereocenters. The molecule has 2 rings (SSSR count). The minimum atomic E-state index is -1.04. The molecule has 0 spiro atoms. The first-order valence-corrected chi connectivity index (χ1v) is 7.81. The number of aliphatic carboxylic acids is 1. The summed E-state index contributed by atoms with van der Waals surface area (Å²) in [4.78, 5) is 24.4. The number of amides is 1. The summed E-state index contributed by atoms with van der Waals surface area (Å²) in [6.07, 6.45) is 6.54. The van der Waals surface area contributed by atoms with Crippen molar-refractivity contribution in [3.05, 3.63) is 0 Å². The SMILES string of the molecule is CCC1(C(=O)NC2(C(=O)O)CCCCCC2)CCNC1. The first-order valence-electron chi connectivity index (χ1n) is 7.81. The minimum Gasteiger partial charge on any atom is -0.480 e. The van der Waals surface area contributed by atoms with Crippen LogP contribution in [0.5, 0.6) is 0 Å². The third kappa shape index (κ3) is 2.82. The second-order valence-corrected chi connectivity index (χ2v) is 6.32. The number of hydrogen-bond acceptors (Lipinski definition) is 3. The van der Waals surface area contributed by atoms with Crippen LogP contribution in [0.25, 0.3) is 0 Å². The molecule has 5 heteroatoms. The zero-order valence-corrected chi connectivity index (χ0v) is 12.3. The number of carboxylic acid groups (broad SMARTS) is 1. The van der Waals surface area contributed by atoms with Crippen LogP contribution in [0.1, 0.15) is 58.3 Å². The van der Waals surface area contributed by atoms with Gasteiger partial charge in [-0.05, 0) is 32.2 Å². The zero-order chi connectivity index (χ0) is 14.6. The number of nitrogens with one attached hydrogen (secondary N) is 2. The van der Waals surface area contributed by atoms with Crippen LogP contribution in [0.4, 0.5) is 0 Å². The van der Waals surface area contributed by atoms with Gasteiger partial charge in [-0.2, -0.15) is 0 Å². The third-order valence-corrected chi connectivity index (χ3v) is 5.12. The van der Waals surface area contributed by atoms with Crippen molar-refractivity contribution in [1.29, 1.82) is 0 Å². The van der Waals surface area contributed by atoms with Gasteiger partial charge in [-0.3, -0.25) is 4.79 Å². The molecule has 1 aliphatic heterocycles. The van der Waals surface area contributed by atoms with Crippen molar-refractivity contribution in [3.63, 3.8) is 0 Å². The summed E-state index contributed by atoms with van der Waals surface area (Å²) in [5.74, 6) is -0.945. The van der Waals surface area contributed by atoms with E-state index in [-0.39, 0.29) is 5.91 Å². The Morgan fingerprint density at radius 3 is 2.25 bits per heavy atom. The van der Waals surface area contributed by atoms with Gasteiger partial charge in [-0.25, -0.2) is 4.79 Å². The van der Waals surface area contributed by atoms with Gasteiger partial charge in [0.1, 0.15) is 5.54 Å². The van der Waals surface area contributed by atoms with E-state index in [1.165, 1.54) is 0 Å². The Kier molecular flexibility index (Phi) is 4.68. The second-order valence-electron chi connectivity index (χ2n) is 6.32. The number of carbonyl (C=O) groups excluding carboxylic acids is 1. The fourth-order valence-electron chi connectivity index (χ4n) is 3.47.